The van der Waals surface area contributed by atoms with E-state index in [0.29, 0.717) is 6.61 Å². The molecular weight excluding hydrogens is 197 g/mol. The molecule has 1 heterocycles. The largest absolute Gasteiger partial charge is 0.417 e. The molecule has 1 aliphatic heterocycles. The molecule has 78 valence electrons. The molecule has 2 unspecified atom stereocenters. The molecule has 5 heteroatoms. The summed E-state index contributed by atoms with van der Waals surface area (Å²) in [4.78, 5) is 0. The maximum Gasteiger partial charge on any atom is 0.269 e. The molecule has 0 bridgehead atoms. The van der Waals surface area contributed by atoms with Crippen molar-refractivity contribution in [2.24, 2.45) is 0 Å². The van der Waals surface area contributed by atoms with Gasteiger partial charge in [-0.3, -0.25) is 0 Å². The highest BCUT2D eigenvalue weighted by Crippen LogP contribution is 2.29. The Bertz CT molecular complexity index is 159. The van der Waals surface area contributed by atoms with Crippen LogP contribution >= 0.6 is 0 Å². The quantitative estimate of drug-likeness (QED) is 0.653. The Morgan fingerprint density at radius 1 is 1.31 bits per heavy atom. The molecule has 1 nitrogen and oxygen atoms in total. The van der Waals surface area contributed by atoms with E-state index in [9.17, 15) is 13.2 Å². The minimum absolute atomic E-state index is 0.0509. The van der Waals surface area contributed by atoms with Crippen LogP contribution in [0.5, 0.6) is 0 Å². The van der Waals surface area contributed by atoms with Gasteiger partial charge in [0, 0.05) is 12.7 Å². The van der Waals surface area contributed by atoms with E-state index in [1.807, 2.05) is 6.55 Å². The highest BCUT2D eigenvalue weighted by atomic mass is 28.4. The van der Waals surface area contributed by atoms with Gasteiger partial charge in [0.1, 0.15) is 0 Å². The van der Waals surface area contributed by atoms with Crippen LogP contribution < -0.4 is 0 Å². The van der Waals surface area contributed by atoms with E-state index in [1.165, 1.54) is 0 Å². The van der Waals surface area contributed by atoms with Crippen molar-refractivity contribution in [1.29, 1.82) is 0 Å². The highest BCUT2D eigenvalue weighted by molar-refractivity contribution is 6.72. The summed E-state index contributed by atoms with van der Waals surface area (Å²) in [6.07, 6.45) is -2.86. The minimum atomic E-state index is -2.85. The van der Waals surface area contributed by atoms with Crippen LogP contribution in [0, 0.1) is 0 Å². The fourth-order valence-corrected chi connectivity index (χ4v) is 4.76. The molecule has 1 rings (SSSR count). The molecule has 0 saturated carbocycles. The monoisotopic (exact) mass is 212 g/mol. The van der Waals surface area contributed by atoms with Gasteiger partial charge in [0.15, 0.2) is 14.5 Å². The van der Waals surface area contributed by atoms with Gasteiger partial charge in [-0.15, -0.1) is 0 Å². The Balaban J connectivity index is 2.40. The standard InChI is InChI=1S/C8H15F3OSi/c1-13(5-3-2-4-12-13)6-7(9)8(10)11/h7-8H,2-6H2,1H3. The molecule has 1 saturated heterocycles. The molecule has 2 atom stereocenters. The van der Waals surface area contributed by atoms with Crippen molar-refractivity contribution < 1.29 is 17.6 Å². The Morgan fingerprint density at radius 3 is 2.46 bits per heavy atom. The van der Waals surface area contributed by atoms with E-state index in [4.69, 9.17) is 4.43 Å². The second-order valence-electron chi connectivity index (χ2n) is 3.81. The van der Waals surface area contributed by atoms with Crippen LogP contribution in [-0.4, -0.2) is 27.5 Å². The third-order valence-corrected chi connectivity index (χ3v) is 6.02. The van der Waals surface area contributed by atoms with Crippen LogP contribution in [0.15, 0.2) is 0 Å². The molecule has 0 radical (unpaired) electrons. The lowest BCUT2D eigenvalue weighted by Gasteiger charge is -2.32. The van der Waals surface area contributed by atoms with Crippen molar-refractivity contribution >= 4 is 8.32 Å². The zero-order valence-electron chi connectivity index (χ0n) is 7.73. The molecule has 0 aromatic rings. The molecule has 0 aromatic carbocycles. The SMILES string of the molecule is C[Si]1(CC(F)C(F)F)CCCCO1. The van der Waals surface area contributed by atoms with Gasteiger partial charge < -0.3 is 4.43 Å². The van der Waals surface area contributed by atoms with Crippen LogP contribution in [0.25, 0.3) is 0 Å². The maximum absolute atomic E-state index is 12.8. The van der Waals surface area contributed by atoms with Crippen molar-refractivity contribution in [3.8, 4) is 0 Å². The molecule has 0 amide bonds. The van der Waals surface area contributed by atoms with Gasteiger partial charge in [0.2, 0.25) is 0 Å². The summed E-state index contributed by atoms with van der Waals surface area (Å²) in [5.74, 6) is 0. The number of alkyl halides is 3. The van der Waals surface area contributed by atoms with E-state index >= 15 is 0 Å². The topological polar surface area (TPSA) is 9.23 Å². The summed E-state index contributed by atoms with van der Waals surface area (Å²) in [5, 5.41) is 0. The number of halogens is 3. The Morgan fingerprint density at radius 2 is 2.00 bits per heavy atom. The zero-order chi connectivity index (χ0) is 9.90. The summed E-state index contributed by atoms with van der Waals surface area (Å²) in [6.45, 7) is 2.47. The molecule has 0 spiro atoms. The first-order chi connectivity index (χ1) is 6.03. The zero-order valence-corrected chi connectivity index (χ0v) is 8.73. The second kappa shape index (κ2) is 4.46. The molecule has 0 aromatic heterocycles. The number of hydrogen-bond donors (Lipinski definition) is 0. The summed E-state index contributed by atoms with van der Waals surface area (Å²) in [5.41, 5.74) is 0. The van der Waals surface area contributed by atoms with Gasteiger partial charge >= 0.3 is 0 Å². The van der Waals surface area contributed by atoms with Gasteiger partial charge in [-0.05, 0) is 19.0 Å². The van der Waals surface area contributed by atoms with E-state index in [2.05, 4.69) is 0 Å². The average molecular weight is 212 g/mol. The van der Waals surface area contributed by atoms with Crippen LogP contribution in [-0.2, 0) is 4.43 Å². The van der Waals surface area contributed by atoms with E-state index in [0.717, 1.165) is 18.9 Å². The summed E-state index contributed by atoms with van der Waals surface area (Å²) in [7, 11) is -2.12. The van der Waals surface area contributed by atoms with Crippen LogP contribution in [0.4, 0.5) is 13.2 Å². The highest BCUT2D eigenvalue weighted by Gasteiger charge is 2.37. The minimum Gasteiger partial charge on any atom is -0.417 e. The molecule has 13 heavy (non-hydrogen) atoms. The molecule has 1 aliphatic rings. The van der Waals surface area contributed by atoms with Crippen molar-refractivity contribution in [2.45, 2.75) is 44.1 Å². The van der Waals surface area contributed by atoms with Crippen molar-refractivity contribution in [3.63, 3.8) is 0 Å². The lowest BCUT2D eigenvalue weighted by atomic mass is 10.4. The fraction of sp³-hybridized carbons (Fsp3) is 1.00. The third kappa shape index (κ3) is 3.30. The van der Waals surface area contributed by atoms with E-state index in [-0.39, 0.29) is 6.04 Å². The first kappa shape index (κ1) is 11.0. The normalized spacial score (nSPS) is 32.1. The summed E-state index contributed by atoms with van der Waals surface area (Å²) < 4.78 is 42.1. The van der Waals surface area contributed by atoms with Gasteiger partial charge in [-0.1, -0.05) is 6.42 Å². The molecular formula is C8H15F3OSi. The van der Waals surface area contributed by atoms with Crippen molar-refractivity contribution in [1.82, 2.24) is 0 Å². The number of hydrogen-bond acceptors (Lipinski definition) is 1. The van der Waals surface area contributed by atoms with Gasteiger partial charge in [-0.25, -0.2) is 13.2 Å². The lowest BCUT2D eigenvalue weighted by Crippen LogP contribution is -2.41. The Kier molecular flexibility index (Phi) is 3.79. The lowest BCUT2D eigenvalue weighted by molar-refractivity contribution is 0.0564. The number of rotatable bonds is 3. The van der Waals surface area contributed by atoms with Crippen molar-refractivity contribution in [2.75, 3.05) is 6.61 Å². The first-order valence-electron chi connectivity index (χ1n) is 4.60. The molecule has 0 N–H and O–H groups in total. The van der Waals surface area contributed by atoms with Gasteiger partial charge in [-0.2, -0.15) is 0 Å². The Hall–Kier alpha value is -0.0331. The molecule has 0 aliphatic carbocycles. The fourth-order valence-electron chi connectivity index (χ4n) is 1.65. The predicted molar refractivity (Wildman–Crippen MR) is 47.3 cm³/mol. The first-order valence-corrected chi connectivity index (χ1v) is 7.42. The van der Waals surface area contributed by atoms with Crippen LogP contribution in [0.2, 0.25) is 18.6 Å². The van der Waals surface area contributed by atoms with Crippen LogP contribution in [0.3, 0.4) is 0 Å². The summed E-state index contributed by atoms with van der Waals surface area (Å²) >= 11 is 0. The summed E-state index contributed by atoms with van der Waals surface area (Å²) in [6, 6.07) is 0.769. The van der Waals surface area contributed by atoms with E-state index in [1.54, 1.807) is 0 Å². The smallest absolute Gasteiger partial charge is 0.269 e. The Labute approximate surface area is 77.4 Å². The van der Waals surface area contributed by atoms with Gasteiger partial charge in [0.25, 0.3) is 6.43 Å². The maximum atomic E-state index is 12.8. The van der Waals surface area contributed by atoms with Crippen LogP contribution in [0.1, 0.15) is 12.8 Å². The second-order valence-corrected chi connectivity index (χ2v) is 7.91. The van der Waals surface area contributed by atoms with Crippen molar-refractivity contribution in [3.05, 3.63) is 0 Å². The predicted octanol–water partition coefficient (Wildman–Crippen LogP) is 2.98. The average Bonchev–Trinajstić information content (AvgIpc) is 2.04. The van der Waals surface area contributed by atoms with E-state index < -0.39 is 20.9 Å². The third-order valence-electron chi connectivity index (χ3n) is 2.45. The van der Waals surface area contributed by atoms with Gasteiger partial charge in [0.05, 0.1) is 0 Å². The molecule has 1 fully saturated rings.